The van der Waals surface area contributed by atoms with Crippen LogP contribution < -0.4 is 5.32 Å². The lowest BCUT2D eigenvalue weighted by Gasteiger charge is -2.22. The molecule has 1 aliphatic heterocycles. The molecule has 4 heteroatoms. The molecule has 20 heavy (non-hydrogen) atoms. The zero-order valence-corrected chi connectivity index (χ0v) is 12.7. The molecule has 1 unspecified atom stereocenters. The Hall–Kier alpha value is -1.13. The lowest BCUT2D eigenvalue weighted by atomic mass is 9.98. The fraction of sp³-hybridized carbons (Fsp3) is 0.688. The minimum atomic E-state index is -0.493. The number of hydrogen-bond donors (Lipinski definition) is 2. The molecule has 1 aromatic rings. The number of aliphatic hydroxyl groups is 1. The van der Waals surface area contributed by atoms with Crippen molar-refractivity contribution in [1.82, 2.24) is 9.88 Å². The molecular weight excluding hydrogens is 250 g/mol. The molecule has 112 valence electrons. The first kappa shape index (κ1) is 15.3. The van der Waals surface area contributed by atoms with Gasteiger partial charge in [-0.2, -0.15) is 0 Å². The van der Waals surface area contributed by atoms with E-state index in [2.05, 4.69) is 28.2 Å². The predicted octanol–water partition coefficient (Wildman–Crippen LogP) is 2.64. The van der Waals surface area contributed by atoms with E-state index < -0.39 is 5.60 Å². The third-order valence-corrected chi connectivity index (χ3v) is 3.94. The maximum atomic E-state index is 10.1. The minimum absolute atomic E-state index is 0.493. The van der Waals surface area contributed by atoms with Crippen molar-refractivity contribution < 1.29 is 5.11 Å². The van der Waals surface area contributed by atoms with Gasteiger partial charge in [0.1, 0.15) is 0 Å². The summed E-state index contributed by atoms with van der Waals surface area (Å²) >= 11 is 0. The van der Waals surface area contributed by atoms with Crippen molar-refractivity contribution in [2.45, 2.75) is 51.7 Å². The van der Waals surface area contributed by atoms with Crippen molar-refractivity contribution >= 4 is 5.69 Å². The van der Waals surface area contributed by atoms with Crippen LogP contribution in [0, 0.1) is 0 Å². The molecule has 0 saturated carbocycles. The van der Waals surface area contributed by atoms with Gasteiger partial charge in [0.2, 0.25) is 0 Å². The summed E-state index contributed by atoms with van der Waals surface area (Å²) in [4.78, 5) is 6.86. The first-order valence-electron chi connectivity index (χ1n) is 7.72. The molecule has 1 saturated heterocycles. The van der Waals surface area contributed by atoms with Crippen LogP contribution in [0.3, 0.4) is 0 Å². The summed E-state index contributed by atoms with van der Waals surface area (Å²) in [5, 5.41) is 13.5. The van der Waals surface area contributed by atoms with Gasteiger partial charge in [-0.05, 0) is 51.3 Å². The Bertz CT molecular complexity index is 420. The molecule has 2 N–H and O–H groups in total. The lowest BCUT2D eigenvalue weighted by molar-refractivity contribution is 0.0444. The summed E-state index contributed by atoms with van der Waals surface area (Å²) in [7, 11) is 0. The van der Waals surface area contributed by atoms with Gasteiger partial charge in [-0.15, -0.1) is 0 Å². The standard InChI is InChI=1S/C16H27N3O/c1-3-8-17-14-5-9-18-15(12-14)13-19-10-4-6-16(2,20)7-11-19/h5,9,12,20H,3-4,6-8,10-11,13H2,1-2H3,(H,17,18). The van der Waals surface area contributed by atoms with Crippen LogP contribution in [0.25, 0.3) is 0 Å². The predicted molar refractivity (Wildman–Crippen MR) is 82.8 cm³/mol. The van der Waals surface area contributed by atoms with E-state index in [9.17, 15) is 5.11 Å². The molecule has 0 bridgehead atoms. The first-order chi connectivity index (χ1) is 9.59. The summed E-state index contributed by atoms with van der Waals surface area (Å²) in [6.45, 7) is 7.97. The molecule has 1 atom stereocenters. The largest absolute Gasteiger partial charge is 0.390 e. The fourth-order valence-corrected chi connectivity index (χ4v) is 2.65. The molecular formula is C16H27N3O. The SMILES string of the molecule is CCCNc1ccnc(CN2CCCC(C)(O)CC2)c1. The Morgan fingerprint density at radius 1 is 1.40 bits per heavy atom. The van der Waals surface area contributed by atoms with Gasteiger partial charge in [-0.25, -0.2) is 0 Å². The lowest BCUT2D eigenvalue weighted by Crippen LogP contribution is -2.28. The van der Waals surface area contributed by atoms with Crippen LogP contribution in [0.15, 0.2) is 18.3 Å². The number of hydrogen-bond acceptors (Lipinski definition) is 4. The van der Waals surface area contributed by atoms with Crippen molar-refractivity contribution in [3.63, 3.8) is 0 Å². The number of rotatable bonds is 5. The highest BCUT2D eigenvalue weighted by molar-refractivity contribution is 5.43. The van der Waals surface area contributed by atoms with Gasteiger partial charge in [0, 0.05) is 31.5 Å². The van der Waals surface area contributed by atoms with Crippen LogP contribution in [0.2, 0.25) is 0 Å². The second kappa shape index (κ2) is 7.04. The Kier molecular flexibility index (Phi) is 5.38. The van der Waals surface area contributed by atoms with E-state index >= 15 is 0 Å². The van der Waals surface area contributed by atoms with Crippen molar-refractivity contribution in [3.05, 3.63) is 24.0 Å². The van der Waals surface area contributed by atoms with Gasteiger partial charge in [-0.1, -0.05) is 6.92 Å². The minimum Gasteiger partial charge on any atom is -0.390 e. The molecule has 1 aromatic heterocycles. The highest BCUT2D eigenvalue weighted by Crippen LogP contribution is 2.22. The third kappa shape index (κ3) is 4.76. The summed E-state index contributed by atoms with van der Waals surface area (Å²) in [5.74, 6) is 0. The maximum absolute atomic E-state index is 10.1. The van der Waals surface area contributed by atoms with E-state index in [1.807, 2.05) is 19.2 Å². The molecule has 4 nitrogen and oxygen atoms in total. The van der Waals surface area contributed by atoms with Crippen molar-refractivity contribution in [1.29, 1.82) is 0 Å². The second-order valence-corrected chi connectivity index (χ2v) is 6.09. The maximum Gasteiger partial charge on any atom is 0.0632 e. The smallest absolute Gasteiger partial charge is 0.0632 e. The second-order valence-electron chi connectivity index (χ2n) is 6.09. The molecule has 1 fully saturated rings. The third-order valence-electron chi connectivity index (χ3n) is 3.94. The van der Waals surface area contributed by atoms with E-state index in [-0.39, 0.29) is 0 Å². The molecule has 0 aromatic carbocycles. The average Bonchev–Trinajstić information content (AvgIpc) is 2.58. The summed E-state index contributed by atoms with van der Waals surface area (Å²) < 4.78 is 0. The molecule has 1 aliphatic rings. The van der Waals surface area contributed by atoms with Crippen molar-refractivity contribution in [2.75, 3.05) is 25.0 Å². The van der Waals surface area contributed by atoms with Crippen LogP contribution in [-0.4, -0.2) is 40.2 Å². The molecule has 0 aliphatic carbocycles. The summed E-state index contributed by atoms with van der Waals surface area (Å²) in [6.07, 6.45) is 5.80. The van der Waals surface area contributed by atoms with E-state index in [1.54, 1.807) is 0 Å². The van der Waals surface area contributed by atoms with Gasteiger partial charge in [-0.3, -0.25) is 9.88 Å². The number of anilines is 1. The number of pyridine rings is 1. The Balaban J connectivity index is 1.92. The van der Waals surface area contributed by atoms with Crippen molar-refractivity contribution in [3.8, 4) is 0 Å². The van der Waals surface area contributed by atoms with E-state index in [0.29, 0.717) is 0 Å². The number of likely N-dealkylation sites (tertiary alicyclic amines) is 1. The number of aromatic nitrogens is 1. The monoisotopic (exact) mass is 277 g/mol. The van der Waals surface area contributed by atoms with Gasteiger partial charge < -0.3 is 10.4 Å². The van der Waals surface area contributed by atoms with Crippen LogP contribution in [0.4, 0.5) is 5.69 Å². The van der Waals surface area contributed by atoms with E-state index in [0.717, 1.165) is 63.2 Å². The zero-order valence-electron chi connectivity index (χ0n) is 12.7. The highest BCUT2D eigenvalue weighted by Gasteiger charge is 2.24. The fourth-order valence-electron chi connectivity index (χ4n) is 2.65. The van der Waals surface area contributed by atoms with Crippen LogP contribution >= 0.6 is 0 Å². The Labute approximate surface area is 122 Å². The Morgan fingerprint density at radius 3 is 3.05 bits per heavy atom. The van der Waals surface area contributed by atoms with Gasteiger partial charge in [0.05, 0.1) is 11.3 Å². The van der Waals surface area contributed by atoms with Gasteiger partial charge >= 0.3 is 0 Å². The molecule has 0 amide bonds. The van der Waals surface area contributed by atoms with Gasteiger partial charge in [0.15, 0.2) is 0 Å². The normalized spacial score (nSPS) is 24.4. The summed E-state index contributed by atoms with van der Waals surface area (Å²) in [5.41, 5.74) is 1.76. The van der Waals surface area contributed by atoms with Gasteiger partial charge in [0.25, 0.3) is 0 Å². The average molecular weight is 277 g/mol. The molecule has 2 heterocycles. The van der Waals surface area contributed by atoms with Crippen LogP contribution in [-0.2, 0) is 6.54 Å². The highest BCUT2D eigenvalue weighted by atomic mass is 16.3. The molecule has 0 radical (unpaired) electrons. The first-order valence-corrected chi connectivity index (χ1v) is 7.72. The van der Waals surface area contributed by atoms with Crippen molar-refractivity contribution in [2.24, 2.45) is 0 Å². The quantitative estimate of drug-likeness (QED) is 0.868. The van der Waals surface area contributed by atoms with E-state index in [1.165, 1.54) is 0 Å². The number of nitrogens with zero attached hydrogens (tertiary/aromatic N) is 2. The van der Waals surface area contributed by atoms with E-state index in [4.69, 9.17) is 0 Å². The Morgan fingerprint density at radius 2 is 2.25 bits per heavy atom. The molecule has 0 spiro atoms. The molecule has 2 rings (SSSR count). The summed E-state index contributed by atoms with van der Waals surface area (Å²) in [6, 6.07) is 4.16. The van der Waals surface area contributed by atoms with Crippen LogP contribution in [0.1, 0.15) is 45.2 Å². The number of nitrogens with one attached hydrogen (secondary N) is 1. The zero-order chi connectivity index (χ0) is 14.4. The van der Waals surface area contributed by atoms with Crippen LogP contribution in [0.5, 0.6) is 0 Å². The topological polar surface area (TPSA) is 48.4 Å².